The molecule has 0 saturated carbocycles. The van der Waals surface area contributed by atoms with E-state index in [4.69, 9.17) is 16.4 Å². The summed E-state index contributed by atoms with van der Waals surface area (Å²) in [5.74, 6) is 3.19. The van der Waals surface area contributed by atoms with Gasteiger partial charge < -0.3 is 4.74 Å². The van der Waals surface area contributed by atoms with Gasteiger partial charge in [-0.1, -0.05) is 18.1 Å². The Kier molecular flexibility index (Phi) is 4.38. The van der Waals surface area contributed by atoms with Crippen molar-refractivity contribution in [2.75, 3.05) is 6.61 Å². The van der Waals surface area contributed by atoms with Crippen LogP contribution in [-0.2, 0) is 0 Å². The Labute approximate surface area is 138 Å². The van der Waals surface area contributed by atoms with Gasteiger partial charge in [0.15, 0.2) is 0 Å². The first-order valence-corrected chi connectivity index (χ1v) is 7.81. The monoisotopic (exact) mass is 316 g/mol. The summed E-state index contributed by atoms with van der Waals surface area (Å²) in [4.78, 5) is 4.66. The van der Waals surface area contributed by atoms with Crippen molar-refractivity contribution in [3.8, 4) is 46.0 Å². The highest BCUT2D eigenvalue weighted by Gasteiger charge is 2.07. The zero-order valence-corrected chi connectivity index (χ0v) is 13.0. The van der Waals surface area contributed by atoms with Crippen molar-refractivity contribution < 1.29 is 4.74 Å². The van der Waals surface area contributed by atoms with Gasteiger partial charge in [0.1, 0.15) is 17.4 Å². The molecule has 1 aromatic heterocycles. The molecule has 0 bridgehead atoms. The van der Waals surface area contributed by atoms with Crippen molar-refractivity contribution in [2.45, 2.75) is 0 Å². The zero-order valence-electron chi connectivity index (χ0n) is 12.2. The summed E-state index contributed by atoms with van der Waals surface area (Å²) in [5, 5.41) is 11.8. The molecule has 3 nitrogen and oxygen atoms in total. The van der Waals surface area contributed by atoms with E-state index in [1.165, 1.54) is 0 Å². The first kappa shape index (κ1) is 14.8. The molecule has 0 radical (unpaired) electrons. The first-order valence-electron chi connectivity index (χ1n) is 6.93. The molecular weight excluding hydrogens is 304 g/mol. The highest BCUT2D eigenvalue weighted by Crippen LogP contribution is 2.30. The van der Waals surface area contributed by atoms with E-state index in [2.05, 4.69) is 17.0 Å². The van der Waals surface area contributed by atoms with Gasteiger partial charge >= 0.3 is 0 Å². The second-order valence-corrected chi connectivity index (χ2v) is 5.60. The van der Waals surface area contributed by atoms with Crippen LogP contribution in [0.1, 0.15) is 5.56 Å². The van der Waals surface area contributed by atoms with Crippen LogP contribution >= 0.6 is 11.3 Å². The summed E-state index contributed by atoms with van der Waals surface area (Å²) in [6, 6.07) is 17.2. The zero-order chi connectivity index (χ0) is 16.1. The number of benzene rings is 2. The van der Waals surface area contributed by atoms with Crippen molar-refractivity contribution in [1.82, 2.24) is 4.98 Å². The molecule has 0 saturated heterocycles. The van der Waals surface area contributed by atoms with Crippen molar-refractivity contribution >= 4 is 11.3 Å². The summed E-state index contributed by atoms with van der Waals surface area (Å²) in [5.41, 5.74) is 3.58. The van der Waals surface area contributed by atoms with Gasteiger partial charge in [0.2, 0.25) is 0 Å². The summed E-state index contributed by atoms with van der Waals surface area (Å²) in [6.07, 6.45) is 5.17. The Morgan fingerprint density at radius 1 is 1.04 bits per heavy atom. The third-order valence-electron chi connectivity index (χ3n) is 3.24. The maximum atomic E-state index is 8.84. The maximum absolute atomic E-state index is 8.84. The standard InChI is InChI=1S/C19H12N2OS/c1-2-11-22-17-9-7-16(8-10-17)19-21-18(13-23-19)15-5-3-14(12-20)4-6-15/h1,3-10,13H,11H2. The molecule has 3 rings (SSSR count). The van der Waals surface area contributed by atoms with Gasteiger partial charge in [-0.3, -0.25) is 0 Å². The van der Waals surface area contributed by atoms with E-state index in [1.807, 2.05) is 41.8 Å². The molecule has 0 unspecified atom stereocenters. The average Bonchev–Trinajstić information content (AvgIpc) is 3.10. The van der Waals surface area contributed by atoms with E-state index < -0.39 is 0 Å². The number of ether oxygens (including phenoxy) is 1. The van der Waals surface area contributed by atoms with Crippen molar-refractivity contribution in [1.29, 1.82) is 5.26 Å². The van der Waals surface area contributed by atoms with Crippen molar-refractivity contribution in [3.63, 3.8) is 0 Å². The SMILES string of the molecule is C#CCOc1ccc(-c2nc(-c3ccc(C#N)cc3)cs2)cc1. The molecule has 0 fully saturated rings. The third kappa shape index (κ3) is 3.40. The van der Waals surface area contributed by atoms with Gasteiger partial charge in [0.05, 0.1) is 17.3 Å². The lowest BCUT2D eigenvalue weighted by Gasteiger charge is -2.02. The lowest BCUT2D eigenvalue weighted by atomic mass is 10.1. The van der Waals surface area contributed by atoms with Crippen LogP contribution in [-0.4, -0.2) is 11.6 Å². The molecule has 1 heterocycles. The summed E-state index contributed by atoms with van der Waals surface area (Å²) < 4.78 is 5.36. The van der Waals surface area contributed by atoms with Gasteiger partial charge in [-0.2, -0.15) is 5.26 Å². The normalized spacial score (nSPS) is 9.83. The number of thiazole rings is 1. The minimum absolute atomic E-state index is 0.263. The smallest absolute Gasteiger partial charge is 0.148 e. The number of nitriles is 1. The Hall–Kier alpha value is -3.08. The molecule has 0 aliphatic heterocycles. The fourth-order valence-electron chi connectivity index (χ4n) is 2.07. The van der Waals surface area contributed by atoms with E-state index in [9.17, 15) is 0 Å². The van der Waals surface area contributed by atoms with Crippen LogP contribution in [0, 0.1) is 23.7 Å². The van der Waals surface area contributed by atoms with E-state index in [-0.39, 0.29) is 6.61 Å². The summed E-state index contributed by atoms with van der Waals surface area (Å²) in [6.45, 7) is 0.263. The predicted octanol–water partition coefficient (Wildman–Crippen LogP) is 4.36. The highest BCUT2D eigenvalue weighted by molar-refractivity contribution is 7.13. The maximum Gasteiger partial charge on any atom is 0.148 e. The minimum Gasteiger partial charge on any atom is -0.481 e. The molecule has 0 aliphatic carbocycles. The Morgan fingerprint density at radius 3 is 2.39 bits per heavy atom. The van der Waals surface area contributed by atoms with Gasteiger partial charge in [-0.25, -0.2) is 4.98 Å². The summed E-state index contributed by atoms with van der Waals surface area (Å²) >= 11 is 1.58. The van der Waals surface area contributed by atoms with Gasteiger partial charge in [-0.05, 0) is 36.4 Å². The van der Waals surface area contributed by atoms with Crippen LogP contribution < -0.4 is 4.74 Å². The first-order chi connectivity index (χ1) is 11.3. The van der Waals surface area contributed by atoms with Gasteiger partial charge in [-0.15, -0.1) is 17.8 Å². The van der Waals surface area contributed by atoms with E-state index >= 15 is 0 Å². The van der Waals surface area contributed by atoms with Crippen LogP contribution in [0.5, 0.6) is 5.75 Å². The quantitative estimate of drug-likeness (QED) is 0.672. The van der Waals surface area contributed by atoms with E-state index in [0.29, 0.717) is 5.56 Å². The Balaban J connectivity index is 1.81. The Bertz CT molecular complexity index is 881. The fraction of sp³-hybridized carbons (Fsp3) is 0.0526. The number of rotatable bonds is 4. The molecule has 0 N–H and O–H groups in total. The van der Waals surface area contributed by atoms with Crippen molar-refractivity contribution in [3.05, 3.63) is 59.5 Å². The molecule has 3 aromatic rings. The van der Waals surface area contributed by atoms with Crippen LogP contribution in [0.2, 0.25) is 0 Å². The van der Waals surface area contributed by atoms with Crippen LogP contribution in [0.3, 0.4) is 0 Å². The fourth-order valence-corrected chi connectivity index (χ4v) is 2.91. The molecule has 0 spiro atoms. The second-order valence-electron chi connectivity index (χ2n) is 4.74. The van der Waals surface area contributed by atoms with E-state index in [1.54, 1.807) is 23.5 Å². The number of nitrogens with zero attached hydrogens (tertiary/aromatic N) is 2. The van der Waals surface area contributed by atoms with Gasteiger partial charge in [0.25, 0.3) is 0 Å². The van der Waals surface area contributed by atoms with Crippen molar-refractivity contribution in [2.24, 2.45) is 0 Å². The predicted molar refractivity (Wildman–Crippen MR) is 92.0 cm³/mol. The molecule has 0 amide bonds. The average molecular weight is 316 g/mol. The molecule has 0 atom stereocenters. The number of aromatic nitrogens is 1. The molecular formula is C19H12N2OS. The van der Waals surface area contributed by atoms with Crippen LogP contribution in [0.25, 0.3) is 21.8 Å². The lowest BCUT2D eigenvalue weighted by Crippen LogP contribution is -1.92. The minimum atomic E-state index is 0.263. The largest absolute Gasteiger partial charge is 0.481 e. The Morgan fingerprint density at radius 2 is 1.74 bits per heavy atom. The molecule has 4 heteroatoms. The second kappa shape index (κ2) is 6.79. The number of terminal acetylenes is 1. The molecule has 2 aromatic carbocycles. The molecule has 23 heavy (non-hydrogen) atoms. The van der Waals surface area contributed by atoms with Crippen LogP contribution in [0.4, 0.5) is 0 Å². The van der Waals surface area contributed by atoms with E-state index in [0.717, 1.165) is 27.6 Å². The van der Waals surface area contributed by atoms with Gasteiger partial charge in [0, 0.05) is 16.5 Å². The lowest BCUT2D eigenvalue weighted by molar-refractivity contribution is 0.370. The van der Waals surface area contributed by atoms with Crippen LogP contribution in [0.15, 0.2) is 53.9 Å². The number of hydrogen-bond donors (Lipinski definition) is 0. The topological polar surface area (TPSA) is 45.9 Å². The third-order valence-corrected chi connectivity index (χ3v) is 4.13. The molecule has 110 valence electrons. The highest BCUT2D eigenvalue weighted by atomic mass is 32.1. The number of hydrogen-bond acceptors (Lipinski definition) is 4. The summed E-state index contributed by atoms with van der Waals surface area (Å²) in [7, 11) is 0. The molecule has 0 aliphatic rings.